The molecule has 0 aliphatic heterocycles. The Morgan fingerprint density at radius 2 is 1.95 bits per heavy atom. The SMILES string of the molecule is O=Cc1c[nH]c2c(C(F)(F)F)cc3c(c12)CCCC3. The zero-order valence-corrected chi connectivity index (χ0v) is 10.1. The number of halogens is 3. The van der Waals surface area contributed by atoms with Gasteiger partial charge in [-0.05, 0) is 42.9 Å². The molecule has 0 bridgehead atoms. The fraction of sp³-hybridized carbons (Fsp3) is 0.357. The number of carbonyl (C=O) groups excluding carboxylic acids is 1. The van der Waals surface area contributed by atoms with Gasteiger partial charge in [-0.15, -0.1) is 0 Å². The summed E-state index contributed by atoms with van der Waals surface area (Å²) in [5.74, 6) is 0. The van der Waals surface area contributed by atoms with E-state index in [0.29, 0.717) is 23.7 Å². The summed E-state index contributed by atoms with van der Waals surface area (Å²) >= 11 is 0. The van der Waals surface area contributed by atoms with E-state index >= 15 is 0 Å². The molecule has 0 unspecified atom stereocenters. The van der Waals surface area contributed by atoms with Crippen molar-refractivity contribution in [3.05, 3.63) is 34.5 Å². The van der Waals surface area contributed by atoms with E-state index in [1.54, 1.807) is 0 Å². The first-order chi connectivity index (χ1) is 9.02. The zero-order valence-electron chi connectivity index (χ0n) is 10.1. The van der Waals surface area contributed by atoms with Crippen LogP contribution in [0.15, 0.2) is 12.3 Å². The number of aryl methyl sites for hydroxylation is 2. The molecule has 2 nitrogen and oxygen atoms in total. The predicted molar refractivity (Wildman–Crippen MR) is 65.3 cm³/mol. The maximum absolute atomic E-state index is 13.1. The molecule has 1 N–H and O–H groups in total. The van der Waals surface area contributed by atoms with Crippen molar-refractivity contribution in [3.8, 4) is 0 Å². The average molecular weight is 267 g/mol. The van der Waals surface area contributed by atoms with Gasteiger partial charge in [0.1, 0.15) is 0 Å². The van der Waals surface area contributed by atoms with Gasteiger partial charge in [-0.3, -0.25) is 4.79 Å². The number of nitrogens with one attached hydrogen (secondary N) is 1. The molecular formula is C14H12F3NO. The Kier molecular flexibility index (Phi) is 2.66. The van der Waals surface area contributed by atoms with Crippen molar-refractivity contribution in [1.29, 1.82) is 0 Å². The molecule has 100 valence electrons. The minimum Gasteiger partial charge on any atom is -0.360 e. The van der Waals surface area contributed by atoms with Crippen LogP contribution in [-0.4, -0.2) is 11.3 Å². The van der Waals surface area contributed by atoms with Crippen molar-refractivity contribution in [3.63, 3.8) is 0 Å². The number of hydrogen-bond donors (Lipinski definition) is 1. The van der Waals surface area contributed by atoms with Crippen LogP contribution in [0.25, 0.3) is 10.9 Å². The van der Waals surface area contributed by atoms with Crippen LogP contribution in [0.5, 0.6) is 0 Å². The Bertz CT molecular complexity index is 655. The van der Waals surface area contributed by atoms with Gasteiger partial charge in [0.15, 0.2) is 6.29 Å². The number of hydrogen-bond acceptors (Lipinski definition) is 1. The van der Waals surface area contributed by atoms with Gasteiger partial charge in [-0.1, -0.05) is 0 Å². The first kappa shape index (κ1) is 12.3. The van der Waals surface area contributed by atoms with Crippen LogP contribution >= 0.6 is 0 Å². The van der Waals surface area contributed by atoms with Crippen LogP contribution in [0.1, 0.15) is 39.9 Å². The highest BCUT2D eigenvalue weighted by Gasteiger charge is 2.35. The molecule has 1 aromatic heterocycles. The molecule has 0 saturated carbocycles. The Labute approximate surface area is 107 Å². The molecule has 0 atom stereocenters. The van der Waals surface area contributed by atoms with Gasteiger partial charge in [0.2, 0.25) is 0 Å². The Hall–Kier alpha value is -1.78. The summed E-state index contributed by atoms with van der Waals surface area (Å²) < 4.78 is 39.3. The molecule has 1 aliphatic carbocycles. The van der Waals surface area contributed by atoms with Crippen LogP contribution in [0.4, 0.5) is 13.2 Å². The third-order valence-electron chi connectivity index (χ3n) is 3.74. The summed E-state index contributed by atoms with van der Waals surface area (Å²) in [6.45, 7) is 0. The lowest BCUT2D eigenvalue weighted by molar-refractivity contribution is -0.136. The van der Waals surface area contributed by atoms with E-state index in [1.165, 1.54) is 12.3 Å². The number of aldehydes is 1. The van der Waals surface area contributed by atoms with Crippen molar-refractivity contribution in [2.45, 2.75) is 31.9 Å². The lowest BCUT2D eigenvalue weighted by atomic mass is 9.86. The third kappa shape index (κ3) is 1.84. The lowest BCUT2D eigenvalue weighted by Crippen LogP contribution is -2.11. The van der Waals surface area contributed by atoms with Crippen molar-refractivity contribution < 1.29 is 18.0 Å². The zero-order chi connectivity index (χ0) is 13.6. The van der Waals surface area contributed by atoms with Crippen molar-refractivity contribution in [2.75, 3.05) is 0 Å². The number of aromatic amines is 1. The lowest BCUT2D eigenvalue weighted by Gasteiger charge is -2.20. The molecule has 3 rings (SSSR count). The predicted octanol–water partition coefficient (Wildman–Crippen LogP) is 3.88. The molecule has 5 heteroatoms. The number of rotatable bonds is 1. The largest absolute Gasteiger partial charge is 0.418 e. The minimum atomic E-state index is -4.41. The van der Waals surface area contributed by atoms with Crippen LogP contribution in [0.3, 0.4) is 0 Å². The molecule has 2 aromatic rings. The van der Waals surface area contributed by atoms with Crippen LogP contribution < -0.4 is 0 Å². The van der Waals surface area contributed by atoms with E-state index < -0.39 is 11.7 Å². The van der Waals surface area contributed by atoms with Crippen molar-refractivity contribution in [2.24, 2.45) is 0 Å². The highest BCUT2D eigenvalue weighted by atomic mass is 19.4. The molecule has 1 aliphatic rings. The van der Waals surface area contributed by atoms with Gasteiger partial charge < -0.3 is 4.98 Å². The summed E-state index contributed by atoms with van der Waals surface area (Å²) in [7, 11) is 0. The summed E-state index contributed by atoms with van der Waals surface area (Å²) in [5.41, 5.74) is 1.32. The highest BCUT2D eigenvalue weighted by Crippen LogP contribution is 2.40. The van der Waals surface area contributed by atoms with Gasteiger partial charge in [0.05, 0.1) is 11.1 Å². The number of benzene rings is 1. The summed E-state index contributed by atoms with van der Waals surface area (Å²) in [4.78, 5) is 13.6. The second-order valence-corrected chi connectivity index (χ2v) is 4.88. The van der Waals surface area contributed by atoms with E-state index in [9.17, 15) is 18.0 Å². The topological polar surface area (TPSA) is 32.9 Å². The normalized spacial score (nSPS) is 15.5. The standard InChI is InChI=1S/C14H12F3NO/c15-14(16,17)11-5-8-3-1-2-4-10(8)12-9(7-19)6-18-13(11)12/h5-7,18H,1-4H2. The number of H-pyrrole nitrogens is 1. The van der Waals surface area contributed by atoms with Crippen LogP contribution in [0.2, 0.25) is 0 Å². The van der Waals surface area contributed by atoms with Gasteiger partial charge in [-0.25, -0.2) is 0 Å². The van der Waals surface area contributed by atoms with E-state index in [4.69, 9.17) is 0 Å². The van der Waals surface area contributed by atoms with Gasteiger partial charge >= 0.3 is 6.18 Å². The first-order valence-corrected chi connectivity index (χ1v) is 6.20. The third-order valence-corrected chi connectivity index (χ3v) is 3.74. The fourth-order valence-corrected chi connectivity index (χ4v) is 2.91. The van der Waals surface area contributed by atoms with E-state index in [-0.39, 0.29) is 5.52 Å². The molecule has 0 fully saturated rings. The smallest absolute Gasteiger partial charge is 0.360 e. The van der Waals surface area contributed by atoms with Crippen LogP contribution in [0, 0.1) is 0 Å². The molecule has 19 heavy (non-hydrogen) atoms. The average Bonchev–Trinajstić information content (AvgIpc) is 2.80. The fourth-order valence-electron chi connectivity index (χ4n) is 2.91. The maximum Gasteiger partial charge on any atom is 0.418 e. The Morgan fingerprint density at radius 1 is 1.21 bits per heavy atom. The van der Waals surface area contributed by atoms with Crippen LogP contribution in [-0.2, 0) is 19.0 Å². The number of alkyl halides is 3. The van der Waals surface area contributed by atoms with E-state index in [2.05, 4.69) is 4.98 Å². The number of carbonyl (C=O) groups is 1. The Morgan fingerprint density at radius 3 is 2.63 bits per heavy atom. The Balaban J connectivity index is 2.41. The molecule has 0 radical (unpaired) electrons. The summed E-state index contributed by atoms with van der Waals surface area (Å²) in [5, 5.41) is 0.458. The minimum absolute atomic E-state index is 0.0373. The second-order valence-electron chi connectivity index (χ2n) is 4.88. The molecule has 1 aromatic carbocycles. The highest BCUT2D eigenvalue weighted by molar-refractivity contribution is 6.01. The summed E-state index contributed by atoms with van der Waals surface area (Å²) in [6, 6.07) is 1.24. The van der Waals surface area contributed by atoms with Crippen molar-refractivity contribution >= 4 is 17.2 Å². The molecule has 0 saturated heterocycles. The van der Waals surface area contributed by atoms with E-state index in [0.717, 1.165) is 30.4 Å². The van der Waals surface area contributed by atoms with E-state index in [1.807, 2.05) is 0 Å². The van der Waals surface area contributed by atoms with Crippen molar-refractivity contribution in [1.82, 2.24) is 4.98 Å². The van der Waals surface area contributed by atoms with Gasteiger partial charge in [0.25, 0.3) is 0 Å². The second kappa shape index (κ2) is 4.11. The maximum atomic E-state index is 13.1. The van der Waals surface area contributed by atoms with Gasteiger partial charge in [-0.2, -0.15) is 13.2 Å². The monoisotopic (exact) mass is 267 g/mol. The summed E-state index contributed by atoms with van der Waals surface area (Å²) in [6.07, 6.45) is 0.819. The molecule has 0 spiro atoms. The number of fused-ring (bicyclic) bond motifs is 3. The first-order valence-electron chi connectivity index (χ1n) is 6.20. The number of aromatic nitrogens is 1. The quantitative estimate of drug-likeness (QED) is 0.781. The molecule has 1 heterocycles. The molecular weight excluding hydrogens is 255 g/mol. The van der Waals surface area contributed by atoms with Gasteiger partial charge in [0, 0.05) is 17.1 Å². The molecule has 0 amide bonds.